The van der Waals surface area contributed by atoms with E-state index in [1.165, 1.54) is 32.1 Å². The molecular formula is C11H20. The molecule has 0 N–H and O–H groups in total. The highest BCUT2D eigenvalue weighted by Gasteiger charge is 1.75. The van der Waals surface area contributed by atoms with Gasteiger partial charge in [0, 0.05) is 0 Å². The minimum Gasteiger partial charge on any atom is -0.0846 e. The van der Waals surface area contributed by atoms with Gasteiger partial charge >= 0.3 is 0 Å². The van der Waals surface area contributed by atoms with E-state index in [-0.39, 0.29) is 0 Å². The Balaban J connectivity index is 3.14. The molecule has 0 radical (unpaired) electrons. The molecule has 0 heteroatoms. The fourth-order valence-electron chi connectivity index (χ4n) is 0.838. The first kappa shape index (κ1) is 10.5. The first-order valence-electron chi connectivity index (χ1n) is 4.73. The smallest absolute Gasteiger partial charge is 0.0348 e. The number of allylic oxidation sites excluding steroid dienone is 4. The third kappa shape index (κ3) is 9.48. The van der Waals surface area contributed by atoms with Crippen LogP contribution in [0.3, 0.4) is 0 Å². The van der Waals surface area contributed by atoms with E-state index < -0.39 is 0 Å². The van der Waals surface area contributed by atoms with Crippen LogP contribution < -0.4 is 0 Å². The van der Waals surface area contributed by atoms with E-state index in [0.29, 0.717) is 0 Å². The summed E-state index contributed by atoms with van der Waals surface area (Å²) in [5, 5.41) is 0. The van der Waals surface area contributed by atoms with Crippen molar-refractivity contribution in [3.63, 3.8) is 0 Å². The summed E-state index contributed by atoms with van der Waals surface area (Å²) in [6.45, 7) is 4.42. The summed E-state index contributed by atoms with van der Waals surface area (Å²) in [5.74, 6) is 0. The fraction of sp³-hybridized carbons (Fsp3) is 0.636. The molecule has 11 heavy (non-hydrogen) atoms. The fourth-order valence-corrected chi connectivity index (χ4v) is 0.838. The van der Waals surface area contributed by atoms with Gasteiger partial charge in [-0.25, -0.2) is 0 Å². The van der Waals surface area contributed by atoms with Crippen molar-refractivity contribution in [1.82, 2.24) is 0 Å². The van der Waals surface area contributed by atoms with E-state index in [4.69, 9.17) is 0 Å². The Labute approximate surface area is 71.0 Å². The van der Waals surface area contributed by atoms with E-state index in [1.54, 1.807) is 0 Å². The second kappa shape index (κ2) is 9.48. The molecule has 0 nitrogen and oxygen atoms in total. The Morgan fingerprint density at radius 1 is 0.818 bits per heavy atom. The van der Waals surface area contributed by atoms with Gasteiger partial charge in [-0.1, -0.05) is 57.4 Å². The monoisotopic (exact) mass is 152 g/mol. The summed E-state index contributed by atoms with van der Waals surface area (Å²) in [4.78, 5) is 0. The average Bonchev–Trinajstić information content (AvgIpc) is 2.03. The van der Waals surface area contributed by atoms with E-state index in [0.717, 1.165) is 0 Å². The summed E-state index contributed by atoms with van der Waals surface area (Å²) >= 11 is 0. The van der Waals surface area contributed by atoms with Gasteiger partial charge < -0.3 is 0 Å². The van der Waals surface area contributed by atoms with Gasteiger partial charge in [-0.15, -0.1) is 0 Å². The van der Waals surface area contributed by atoms with Crippen LogP contribution in [0.2, 0.25) is 0 Å². The van der Waals surface area contributed by atoms with Gasteiger partial charge in [0.1, 0.15) is 0 Å². The lowest BCUT2D eigenvalue weighted by molar-refractivity contribution is 0.815. The van der Waals surface area contributed by atoms with Crippen LogP contribution in [-0.4, -0.2) is 0 Å². The molecular weight excluding hydrogens is 132 g/mol. The lowest BCUT2D eigenvalue weighted by Gasteiger charge is -1.85. The zero-order chi connectivity index (χ0) is 8.36. The number of hydrogen-bond donors (Lipinski definition) is 0. The van der Waals surface area contributed by atoms with Crippen molar-refractivity contribution in [2.24, 2.45) is 0 Å². The zero-order valence-electron chi connectivity index (χ0n) is 7.84. The first-order chi connectivity index (χ1) is 5.41. The van der Waals surface area contributed by atoms with Gasteiger partial charge in [0.25, 0.3) is 0 Å². The van der Waals surface area contributed by atoms with Crippen LogP contribution in [0.1, 0.15) is 46.0 Å². The molecule has 0 aromatic rings. The van der Waals surface area contributed by atoms with Crippen molar-refractivity contribution in [3.05, 3.63) is 24.3 Å². The predicted molar refractivity (Wildman–Crippen MR) is 52.7 cm³/mol. The molecule has 0 aromatic carbocycles. The summed E-state index contributed by atoms with van der Waals surface area (Å²) in [5.41, 5.74) is 0. The van der Waals surface area contributed by atoms with Gasteiger partial charge in [-0.2, -0.15) is 0 Å². The Bertz CT molecular complexity index is 109. The Morgan fingerprint density at radius 2 is 1.45 bits per heavy atom. The second-order valence-electron chi connectivity index (χ2n) is 2.79. The summed E-state index contributed by atoms with van der Waals surface area (Å²) in [7, 11) is 0. The van der Waals surface area contributed by atoms with Crippen LogP contribution in [-0.2, 0) is 0 Å². The van der Waals surface area contributed by atoms with Gasteiger partial charge in [0.2, 0.25) is 0 Å². The van der Waals surface area contributed by atoms with Crippen molar-refractivity contribution in [1.29, 1.82) is 0 Å². The van der Waals surface area contributed by atoms with Crippen LogP contribution in [0.5, 0.6) is 0 Å². The minimum atomic E-state index is 1.21. The van der Waals surface area contributed by atoms with Crippen LogP contribution in [0.15, 0.2) is 24.3 Å². The maximum atomic E-state index is 2.25. The molecule has 0 aromatic heterocycles. The molecule has 0 atom stereocenters. The molecule has 0 saturated heterocycles. The zero-order valence-corrected chi connectivity index (χ0v) is 7.84. The highest BCUT2D eigenvalue weighted by Crippen LogP contribution is 1.95. The highest BCUT2D eigenvalue weighted by atomic mass is 13.8. The predicted octanol–water partition coefficient (Wildman–Crippen LogP) is 4.09. The van der Waals surface area contributed by atoms with Gasteiger partial charge in [0.05, 0.1) is 0 Å². The number of hydrogen-bond acceptors (Lipinski definition) is 0. The average molecular weight is 152 g/mol. The Morgan fingerprint density at radius 3 is 2.00 bits per heavy atom. The van der Waals surface area contributed by atoms with E-state index in [9.17, 15) is 0 Å². The second-order valence-corrected chi connectivity index (χ2v) is 2.79. The SMILES string of the molecule is CCCC=CC=CCCCC. The molecule has 0 aliphatic heterocycles. The molecule has 0 amide bonds. The molecule has 0 heterocycles. The van der Waals surface area contributed by atoms with Crippen LogP contribution >= 0.6 is 0 Å². The third-order valence-corrected chi connectivity index (χ3v) is 1.56. The van der Waals surface area contributed by atoms with Crippen LogP contribution in [0.25, 0.3) is 0 Å². The van der Waals surface area contributed by atoms with Crippen LogP contribution in [0, 0.1) is 0 Å². The van der Waals surface area contributed by atoms with E-state index >= 15 is 0 Å². The lowest BCUT2D eigenvalue weighted by Crippen LogP contribution is -1.65. The third-order valence-electron chi connectivity index (χ3n) is 1.56. The summed E-state index contributed by atoms with van der Waals surface area (Å²) in [6, 6.07) is 0. The van der Waals surface area contributed by atoms with Gasteiger partial charge in [-0.3, -0.25) is 0 Å². The van der Waals surface area contributed by atoms with Crippen molar-refractivity contribution < 1.29 is 0 Å². The number of unbranched alkanes of at least 4 members (excludes halogenated alkanes) is 3. The molecule has 64 valence electrons. The van der Waals surface area contributed by atoms with E-state index in [2.05, 4.69) is 38.2 Å². The minimum absolute atomic E-state index is 1.21. The quantitative estimate of drug-likeness (QED) is 0.397. The molecule has 0 saturated carbocycles. The molecule has 0 fully saturated rings. The van der Waals surface area contributed by atoms with Gasteiger partial charge in [0.15, 0.2) is 0 Å². The van der Waals surface area contributed by atoms with Crippen molar-refractivity contribution in [2.75, 3.05) is 0 Å². The molecule has 0 bridgehead atoms. The van der Waals surface area contributed by atoms with Crippen molar-refractivity contribution >= 4 is 0 Å². The summed E-state index contributed by atoms with van der Waals surface area (Å²) in [6.07, 6.45) is 15.1. The molecule has 0 aliphatic carbocycles. The summed E-state index contributed by atoms with van der Waals surface area (Å²) < 4.78 is 0. The lowest BCUT2D eigenvalue weighted by atomic mass is 10.2. The Kier molecular flexibility index (Phi) is 9.03. The first-order valence-corrected chi connectivity index (χ1v) is 4.73. The maximum Gasteiger partial charge on any atom is -0.0348 e. The molecule has 0 unspecified atom stereocenters. The van der Waals surface area contributed by atoms with E-state index in [1.807, 2.05) is 0 Å². The van der Waals surface area contributed by atoms with Crippen LogP contribution in [0.4, 0.5) is 0 Å². The highest BCUT2D eigenvalue weighted by molar-refractivity contribution is 5.01. The van der Waals surface area contributed by atoms with Crippen molar-refractivity contribution in [2.45, 2.75) is 46.0 Å². The normalized spacial score (nSPS) is 11.8. The van der Waals surface area contributed by atoms with Crippen molar-refractivity contribution in [3.8, 4) is 0 Å². The largest absolute Gasteiger partial charge is 0.0846 e. The molecule has 0 aliphatic rings. The molecule has 0 spiro atoms. The maximum absolute atomic E-state index is 2.25. The number of rotatable bonds is 6. The Hall–Kier alpha value is -0.520. The van der Waals surface area contributed by atoms with Gasteiger partial charge in [-0.05, 0) is 12.8 Å². The molecule has 0 rings (SSSR count). The standard InChI is InChI=1S/C11H20/c1-3-5-7-9-11-10-8-6-4-2/h7,9-11H,3-6,8H2,1-2H3. The topological polar surface area (TPSA) is 0 Å².